The fourth-order valence-electron chi connectivity index (χ4n) is 1.21. The number of fused-ring (bicyclic) bond motifs is 1. The fourth-order valence-corrected chi connectivity index (χ4v) is 1.21. The molecule has 1 aromatic heterocycles. The monoisotopic (exact) mass is 203 g/mol. The molecule has 2 aromatic rings. The van der Waals surface area contributed by atoms with Gasteiger partial charge in [-0.15, -0.1) is 0 Å². The summed E-state index contributed by atoms with van der Waals surface area (Å²) in [5.74, 6) is 0. The van der Waals surface area contributed by atoms with E-state index in [-0.39, 0.29) is 0 Å². The molecule has 1 N–H and O–H groups in total. The van der Waals surface area contributed by atoms with Crippen LogP contribution in [0.1, 0.15) is 0 Å². The third-order valence-corrected chi connectivity index (χ3v) is 1.90. The van der Waals surface area contributed by atoms with Crippen LogP contribution in [0.3, 0.4) is 0 Å². The Balaban J connectivity index is 2.34. The molecular weight excluding hydrogens is 194 g/mol. The van der Waals surface area contributed by atoms with Crippen LogP contribution in [0.4, 0.5) is 10.5 Å². The third kappa shape index (κ3) is 2.01. The van der Waals surface area contributed by atoms with Crippen molar-refractivity contribution in [2.75, 3.05) is 12.4 Å². The molecule has 0 aliphatic heterocycles. The number of amides is 1. The van der Waals surface area contributed by atoms with E-state index in [1.54, 1.807) is 30.6 Å². The fraction of sp³-hybridized carbons (Fsp3) is 0.100. The van der Waals surface area contributed by atoms with Crippen LogP contribution in [0, 0.1) is 0 Å². The summed E-state index contributed by atoms with van der Waals surface area (Å²) in [6, 6.07) is 5.26. The molecule has 0 atom stereocenters. The Morgan fingerprint density at radius 1 is 1.27 bits per heavy atom. The predicted octanol–water partition coefficient (Wildman–Crippen LogP) is 1.81. The Morgan fingerprint density at radius 3 is 2.73 bits per heavy atom. The molecule has 5 nitrogen and oxygen atoms in total. The van der Waals surface area contributed by atoms with Gasteiger partial charge in [0, 0.05) is 18.1 Å². The maximum Gasteiger partial charge on any atom is 0.411 e. The number of hydrogen-bond acceptors (Lipinski definition) is 4. The Bertz CT molecular complexity index is 499. The second-order valence-electron chi connectivity index (χ2n) is 2.88. The average molecular weight is 203 g/mol. The van der Waals surface area contributed by atoms with E-state index in [0.717, 1.165) is 11.0 Å². The van der Waals surface area contributed by atoms with Gasteiger partial charge >= 0.3 is 6.09 Å². The number of anilines is 1. The Kier molecular flexibility index (Phi) is 2.45. The number of hydrogen-bond donors (Lipinski definition) is 1. The molecule has 0 fully saturated rings. The third-order valence-electron chi connectivity index (χ3n) is 1.90. The van der Waals surface area contributed by atoms with Gasteiger partial charge in [0.25, 0.3) is 0 Å². The van der Waals surface area contributed by atoms with Crippen LogP contribution in [-0.4, -0.2) is 23.2 Å². The van der Waals surface area contributed by atoms with Crippen molar-refractivity contribution in [3.8, 4) is 0 Å². The van der Waals surface area contributed by atoms with E-state index in [1.807, 2.05) is 0 Å². The molecule has 1 amide bonds. The summed E-state index contributed by atoms with van der Waals surface area (Å²) in [6.45, 7) is 0. The molecule has 0 saturated heterocycles. The van der Waals surface area contributed by atoms with E-state index in [2.05, 4.69) is 20.0 Å². The lowest BCUT2D eigenvalue weighted by molar-refractivity contribution is 0.187. The van der Waals surface area contributed by atoms with Gasteiger partial charge in [0.2, 0.25) is 0 Å². The molecule has 0 bridgehead atoms. The van der Waals surface area contributed by atoms with Gasteiger partial charge in [0.15, 0.2) is 0 Å². The quantitative estimate of drug-likeness (QED) is 0.767. The molecule has 0 saturated carbocycles. The summed E-state index contributed by atoms with van der Waals surface area (Å²) in [6.07, 6.45) is 2.72. The number of carbonyl (C=O) groups excluding carboxylic acids is 1. The van der Waals surface area contributed by atoms with Crippen LogP contribution in [-0.2, 0) is 4.74 Å². The van der Waals surface area contributed by atoms with Gasteiger partial charge < -0.3 is 4.74 Å². The largest absolute Gasteiger partial charge is 0.453 e. The minimum absolute atomic E-state index is 0.502. The highest BCUT2D eigenvalue weighted by Crippen LogP contribution is 2.14. The zero-order valence-corrected chi connectivity index (χ0v) is 8.10. The van der Waals surface area contributed by atoms with Gasteiger partial charge in [-0.3, -0.25) is 15.3 Å². The number of methoxy groups -OCH3 is 1. The summed E-state index contributed by atoms with van der Waals surface area (Å²) in [5, 5.41) is 2.55. The van der Waals surface area contributed by atoms with Gasteiger partial charge in [-0.2, -0.15) is 0 Å². The van der Waals surface area contributed by atoms with Crippen molar-refractivity contribution in [1.82, 2.24) is 9.97 Å². The van der Waals surface area contributed by atoms with Crippen molar-refractivity contribution in [3.05, 3.63) is 30.6 Å². The van der Waals surface area contributed by atoms with E-state index in [9.17, 15) is 4.79 Å². The summed E-state index contributed by atoms with van der Waals surface area (Å²) < 4.78 is 4.48. The molecular formula is C10H9N3O2. The van der Waals surface area contributed by atoms with E-state index < -0.39 is 6.09 Å². The average Bonchev–Trinajstić information content (AvgIpc) is 2.29. The van der Waals surface area contributed by atoms with Crippen molar-refractivity contribution >= 4 is 22.8 Å². The van der Waals surface area contributed by atoms with Crippen molar-refractivity contribution in [3.63, 3.8) is 0 Å². The number of nitrogens with one attached hydrogen (secondary N) is 1. The lowest BCUT2D eigenvalue weighted by Gasteiger charge is -2.03. The zero-order chi connectivity index (χ0) is 10.7. The lowest BCUT2D eigenvalue weighted by Crippen LogP contribution is -2.10. The first-order chi connectivity index (χ1) is 7.29. The van der Waals surface area contributed by atoms with Gasteiger partial charge in [-0.25, -0.2) is 4.79 Å². The number of aromatic nitrogens is 2. The van der Waals surface area contributed by atoms with Gasteiger partial charge in [0.1, 0.15) is 0 Å². The first-order valence-electron chi connectivity index (χ1n) is 4.35. The molecule has 0 aliphatic rings. The first-order valence-corrected chi connectivity index (χ1v) is 4.35. The van der Waals surface area contributed by atoms with E-state index in [1.165, 1.54) is 7.11 Å². The topological polar surface area (TPSA) is 64.1 Å². The normalized spacial score (nSPS) is 9.93. The smallest absolute Gasteiger partial charge is 0.411 e. The van der Waals surface area contributed by atoms with Crippen molar-refractivity contribution in [1.29, 1.82) is 0 Å². The number of ether oxygens (including phenoxy) is 1. The number of benzene rings is 1. The molecule has 76 valence electrons. The van der Waals surface area contributed by atoms with Gasteiger partial charge in [-0.1, -0.05) is 0 Å². The summed E-state index contributed by atoms with van der Waals surface area (Å²) in [7, 11) is 1.32. The standard InChI is InChI=1S/C10H9N3O2/c1-15-10(14)13-7-2-3-8-9(6-7)12-5-4-11-8/h2-6H,1H3,(H,13,14). The first kappa shape index (κ1) is 9.39. The molecule has 5 heteroatoms. The van der Waals surface area contributed by atoms with E-state index in [4.69, 9.17) is 0 Å². The van der Waals surface area contributed by atoms with Crippen LogP contribution < -0.4 is 5.32 Å². The predicted molar refractivity (Wildman–Crippen MR) is 55.6 cm³/mol. The van der Waals surface area contributed by atoms with Gasteiger partial charge in [-0.05, 0) is 18.2 Å². The molecule has 15 heavy (non-hydrogen) atoms. The summed E-state index contributed by atoms with van der Waals surface area (Å²) in [5.41, 5.74) is 2.15. The van der Waals surface area contributed by atoms with Crippen molar-refractivity contribution in [2.24, 2.45) is 0 Å². The van der Waals surface area contributed by atoms with Crippen molar-refractivity contribution in [2.45, 2.75) is 0 Å². The van der Waals surface area contributed by atoms with Crippen LogP contribution >= 0.6 is 0 Å². The maximum atomic E-state index is 10.9. The minimum atomic E-state index is -0.502. The molecule has 1 heterocycles. The SMILES string of the molecule is COC(=O)Nc1ccc2nccnc2c1. The minimum Gasteiger partial charge on any atom is -0.453 e. The highest BCUT2D eigenvalue weighted by molar-refractivity contribution is 5.88. The van der Waals surface area contributed by atoms with Crippen LogP contribution in [0.25, 0.3) is 11.0 Å². The molecule has 0 unspecified atom stereocenters. The van der Waals surface area contributed by atoms with Gasteiger partial charge in [0.05, 0.1) is 18.1 Å². The van der Waals surface area contributed by atoms with Crippen molar-refractivity contribution < 1.29 is 9.53 Å². The molecule has 0 spiro atoms. The highest BCUT2D eigenvalue weighted by atomic mass is 16.5. The Morgan fingerprint density at radius 2 is 2.00 bits per heavy atom. The second kappa shape index (κ2) is 3.91. The van der Waals surface area contributed by atoms with Crippen LogP contribution in [0.2, 0.25) is 0 Å². The second-order valence-corrected chi connectivity index (χ2v) is 2.88. The number of carbonyl (C=O) groups is 1. The highest BCUT2D eigenvalue weighted by Gasteiger charge is 2.01. The Labute approximate surface area is 86.1 Å². The number of nitrogens with zero attached hydrogens (tertiary/aromatic N) is 2. The zero-order valence-electron chi connectivity index (χ0n) is 8.10. The van der Waals surface area contributed by atoms with Crippen LogP contribution in [0.5, 0.6) is 0 Å². The molecule has 0 aliphatic carbocycles. The summed E-state index contributed by atoms with van der Waals surface area (Å²) >= 11 is 0. The molecule has 0 radical (unpaired) electrons. The molecule has 2 rings (SSSR count). The van der Waals surface area contributed by atoms with Crippen LogP contribution in [0.15, 0.2) is 30.6 Å². The maximum absolute atomic E-state index is 10.9. The van der Waals surface area contributed by atoms with E-state index >= 15 is 0 Å². The summed E-state index contributed by atoms with van der Waals surface area (Å²) in [4.78, 5) is 19.2. The lowest BCUT2D eigenvalue weighted by atomic mass is 10.2. The Hall–Kier alpha value is -2.17. The molecule has 1 aromatic carbocycles. The number of rotatable bonds is 1. The van der Waals surface area contributed by atoms with E-state index in [0.29, 0.717) is 5.69 Å².